The average Bonchev–Trinajstić information content (AvgIpc) is 3.02. The summed E-state index contributed by atoms with van der Waals surface area (Å²) in [6.45, 7) is 6.63. The average molecular weight is 474 g/mol. The van der Waals surface area contributed by atoms with Gasteiger partial charge < -0.3 is 20.3 Å². The van der Waals surface area contributed by atoms with Crippen molar-refractivity contribution in [3.05, 3.63) is 35.4 Å². The number of ether oxygens (including phenoxy) is 1. The highest BCUT2D eigenvalue weighted by atomic mass is 127. The highest BCUT2D eigenvalue weighted by Gasteiger charge is 2.19. The summed E-state index contributed by atoms with van der Waals surface area (Å²) in [6, 6.07) is 8.37. The van der Waals surface area contributed by atoms with E-state index in [0.717, 1.165) is 45.1 Å². The zero-order chi connectivity index (χ0) is 17.9. The molecule has 1 fully saturated rings. The van der Waals surface area contributed by atoms with Crippen LogP contribution in [0, 0.1) is 0 Å². The molecule has 6 nitrogen and oxygen atoms in total. The Morgan fingerprint density at radius 3 is 2.81 bits per heavy atom. The van der Waals surface area contributed by atoms with Crippen molar-refractivity contribution >= 4 is 35.8 Å². The summed E-state index contributed by atoms with van der Waals surface area (Å²) in [5, 5.41) is 6.61. The molecule has 2 N–H and O–H groups in total. The van der Waals surface area contributed by atoms with E-state index in [0.29, 0.717) is 19.5 Å². The molecule has 7 heteroatoms. The number of benzene rings is 1. The number of likely N-dealkylation sites (tertiary alicyclic amines) is 1. The van der Waals surface area contributed by atoms with Crippen LogP contribution >= 0.6 is 24.0 Å². The highest BCUT2D eigenvalue weighted by molar-refractivity contribution is 14.0. The standard InChI is InChI=1S/C19H30N4O2.HI/c1-3-25-12-6-10-21-19(20-2)22-14-16-7-4-8-17(13-16)15-23-11-5-9-18(23)24;/h4,7-8,13H,3,5-6,9-12,14-15H2,1-2H3,(H2,20,21,22);1H. The van der Waals surface area contributed by atoms with E-state index in [1.165, 1.54) is 11.1 Å². The molecule has 1 heterocycles. The number of carbonyl (C=O) groups excluding carboxylic acids is 1. The fourth-order valence-electron chi connectivity index (χ4n) is 2.86. The van der Waals surface area contributed by atoms with Crippen LogP contribution in [0.2, 0.25) is 0 Å². The molecule has 1 aromatic carbocycles. The van der Waals surface area contributed by atoms with Crippen LogP contribution in [0.5, 0.6) is 0 Å². The molecule has 146 valence electrons. The zero-order valence-corrected chi connectivity index (χ0v) is 18.1. The van der Waals surface area contributed by atoms with Gasteiger partial charge in [-0.1, -0.05) is 24.3 Å². The van der Waals surface area contributed by atoms with Gasteiger partial charge in [-0.3, -0.25) is 9.79 Å². The van der Waals surface area contributed by atoms with Gasteiger partial charge in [0.05, 0.1) is 0 Å². The number of hydrogen-bond acceptors (Lipinski definition) is 3. The van der Waals surface area contributed by atoms with Gasteiger partial charge >= 0.3 is 0 Å². The molecule has 0 bridgehead atoms. The molecule has 1 saturated heterocycles. The van der Waals surface area contributed by atoms with Crippen molar-refractivity contribution in [2.75, 3.05) is 33.4 Å². The molecule has 2 rings (SSSR count). The third-order valence-electron chi connectivity index (χ3n) is 4.18. The van der Waals surface area contributed by atoms with E-state index in [4.69, 9.17) is 4.74 Å². The van der Waals surface area contributed by atoms with E-state index in [-0.39, 0.29) is 29.9 Å². The number of nitrogens with zero attached hydrogens (tertiary/aromatic N) is 2. The van der Waals surface area contributed by atoms with Crippen LogP contribution in [-0.2, 0) is 22.6 Å². The van der Waals surface area contributed by atoms with E-state index in [9.17, 15) is 4.79 Å². The third-order valence-corrected chi connectivity index (χ3v) is 4.18. The number of hydrogen-bond donors (Lipinski definition) is 2. The van der Waals surface area contributed by atoms with Gasteiger partial charge in [0, 0.05) is 52.9 Å². The van der Waals surface area contributed by atoms with Gasteiger partial charge in [0.15, 0.2) is 5.96 Å². The van der Waals surface area contributed by atoms with E-state index in [2.05, 4.69) is 33.8 Å². The van der Waals surface area contributed by atoms with Gasteiger partial charge in [-0.05, 0) is 30.9 Å². The predicted octanol–water partition coefficient (Wildman–Crippen LogP) is 2.52. The first kappa shape index (κ1) is 22.7. The minimum Gasteiger partial charge on any atom is -0.382 e. The monoisotopic (exact) mass is 474 g/mol. The Labute approximate surface area is 173 Å². The van der Waals surface area contributed by atoms with Crippen LogP contribution < -0.4 is 10.6 Å². The number of carbonyl (C=O) groups is 1. The largest absolute Gasteiger partial charge is 0.382 e. The lowest BCUT2D eigenvalue weighted by atomic mass is 10.1. The number of halogens is 1. The lowest BCUT2D eigenvalue weighted by molar-refractivity contribution is -0.128. The van der Waals surface area contributed by atoms with E-state index >= 15 is 0 Å². The summed E-state index contributed by atoms with van der Waals surface area (Å²) in [6.07, 6.45) is 2.62. The first-order chi connectivity index (χ1) is 12.2. The molecule has 0 unspecified atom stereocenters. The molecule has 0 aliphatic carbocycles. The molecule has 0 atom stereocenters. The van der Waals surface area contributed by atoms with Crippen LogP contribution in [-0.4, -0.2) is 50.1 Å². The van der Waals surface area contributed by atoms with Crippen molar-refractivity contribution in [2.24, 2.45) is 4.99 Å². The molecular formula is C19H31IN4O2. The first-order valence-electron chi connectivity index (χ1n) is 9.10. The summed E-state index contributed by atoms with van der Waals surface area (Å²) in [5.74, 6) is 1.05. The quantitative estimate of drug-likeness (QED) is 0.250. The zero-order valence-electron chi connectivity index (χ0n) is 15.8. The Balaban J connectivity index is 0.00000338. The van der Waals surface area contributed by atoms with E-state index in [1.54, 1.807) is 7.05 Å². The van der Waals surface area contributed by atoms with Crippen LogP contribution in [0.4, 0.5) is 0 Å². The van der Waals surface area contributed by atoms with E-state index in [1.807, 2.05) is 17.9 Å². The molecule has 0 radical (unpaired) electrons. The predicted molar refractivity (Wildman–Crippen MR) is 116 cm³/mol. The SMILES string of the molecule is CCOCCCNC(=NC)NCc1cccc(CN2CCCC2=O)c1.I. The van der Waals surface area contributed by atoms with Gasteiger partial charge in [-0.15, -0.1) is 24.0 Å². The number of rotatable bonds is 9. The summed E-state index contributed by atoms with van der Waals surface area (Å²) in [7, 11) is 1.77. The molecule has 1 amide bonds. The van der Waals surface area contributed by atoms with Gasteiger partial charge in [-0.25, -0.2) is 0 Å². The van der Waals surface area contributed by atoms with Crippen LogP contribution in [0.3, 0.4) is 0 Å². The summed E-state index contributed by atoms with van der Waals surface area (Å²) >= 11 is 0. The van der Waals surface area contributed by atoms with Crippen molar-refractivity contribution in [1.29, 1.82) is 0 Å². The Morgan fingerprint density at radius 1 is 1.31 bits per heavy atom. The summed E-state index contributed by atoms with van der Waals surface area (Å²) in [4.78, 5) is 17.9. The number of amides is 1. The minimum absolute atomic E-state index is 0. The second-order valence-electron chi connectivity index (χ2n) is 6.14. The Morgan fingerprint density at radius 2 is 2.12 bits per heavy atom. The smallest absolute Gasteiger partial charge is 0.222 e. The van der Waals surface area contributed by atoms with Crippen molar-refractivity contribution in [3.63, 3.8) is 0 Å². The maximum Gasteiger partial charge on any atom is 0.222 e. The fourth-order valence-corrected chi connectivity index (χ4v) is 2.86. The first-order valence-corrected chi connectivity index (χ1v) is 9.10. The van der Waals surface area contributed by atoms with Gasteiger partial charge in [0.2, 0.25) is 5.91 Å². The maximum absolute atomic E-state index is 11.8. The van der Waals surface area contributed by atoms with E-state index < -0.39 is 0 Å². The minimum atomic E-state index is 0. The van der Waals surface area contributed by atoms with Crippen molar-refractivity contribution in [3.8, 4) is 0 Å². The Bertz CT molecular complexity index is 580. The van der Waals surface area contributed by atoms with Crippen LogP contribution in [0.15, 0.2) is 29.3 Å². The van der Waals surface area contributed by atoms with Crippen molar-refractivity contribution < 1.29 is 9.53 Å². The third kappa shape index (κ3) is 7.90. The highest BCUT2D eigenvalue weighted by Crippen LogP contribution is 2.15. The molecule has 0 saturated carbocycles. The molecule has 0 aromatic heterocycles. The molecule has 1 aliphatic heterocycles. The van der Waals surface area contributed by atoms with Crippen LogP contribution in [0.1, 0.15) is 37.3 Å². The number of guanidine groups is 1. The Kier molecular flexibility index (Phi) is 11.3. The van der Waals surface area contributed by atoms with Gasteiger partial charge in [-0.2, -0.15) is 0 Å². The fraction of sp³-hybridized carbons (Fsp3) is 0.579. The number of aliphatic imine (C=N–C) groups is 1. The number of nitrogens with one attached hydrogen (secondary N) is 2. The normalized spacial score (nSPS) is 14.3. The summed E-state index contributed by atoms with van der Waals surface area (Å²) < 4.78 is 5.33. The maximum atomic E-state index is 11.8. The second-order valence-corrected chi connectivity index (χ2v) is 6.14. The molecule has 0 spiro atoms. The lowest BCUT2D eigenvalue weighted by Gasteiger charge is -2.16. The van der Waals surface area contributed by atoms with Crippen molar-refractivity contribution in [2.45, 2.75) is 39.3 Å². The molecule has 26 heavy (non-hydrogen) atoms. The molecule has 1 aliphatic rings. The lowest BCUT2D eigenvalue weighted by Crippen LogP contribution is -2.37. The van der Waals surface area contributed by atoms with Crippen molar-refractivity contribution in [1.82, 2.24) is 15.5 Å². The topological polar surface area (TPSA) is 66.0 Å². The molecular weight excluding hydrogens is 443 g/mol. The Hall–Kier alpha value is -1.35. The van der Waals surface area contributed by atoms with Crippen LogP contribution in [0.25, 0.3) is 0 Å². The second kappa shape index (κ2) is 12.9. The molecule has 1 aromatic rings. The van der Waals surface area contributed by atoms with Gasteiger partial charge in [0.1, 0.15) is 0 Å². The van der Waals surface area contributed by atoms with Gasteiger partial charge in [0.25, 0.3) is 0 Å². The summed E-state index contributed by atoms with van der Waals surface area (Å²) in [5.41, 5.74) is 2.36.